The van der Waals surface area contributed by atoms with Crippen molar-refractivity contribution in [3.8, 4) is 23.0 Å². The predicted octanol–water partition coefficient (Wildman–Crippen LogP) is 6.98. The van der Waals surface area contributed by atoms with Crippen LogP contribution in [0, 0.1) is 5.92 Å². The van der Waals surface area contributed by atoms with Crippen molar-refractivity contribution < 1.29 is 68.1 Å². The van der Waals surface area contributed by atoms with Crippen LogP contribution in [0.3, 0.4) is 0 Å². The molecule has 0 spiro atoms. The molecule has 4 aliphatic rings. The number of aromatic hydroxyl groups is 4. The summed E-state index contributed by atoms with van der Waals surface area (Å²) in [6.45, 7) is 6.65. The zero-order chi connectivity index (χ0) is 46.9. The Bertz CT molecular complexity index is 2730. The molecule has 65 heavy (non-hydrogen) atoms. The molecule has 8 rings (SSSR count). The highest BCUT2D eigenvalue weighted by atomic mass is 16.7. The Morgan fingerprint density at radius 2 is 1.06 bits per heavy atom. The van der Waals surface area contributed by atoms with Crippen LogP contribution in [0.2, 0.25) is 0 Å². The van der Waals surface area contributed by atoms with Gasteiger partial charge in [0.25, 0.3) is 0 Å². The first kappa shape index (κ1) is 45.7. The summed E-state index contributed by atoms with van der Waals surface area (Å²) in [5.74, 6) is -4.12. The van der Waals surface area contributed by atoms with Crippen LogP contribution in [0.1, 0.15) is 115 Å². The third-order valence-electron chi connectivity index (χ3n) is 11.7. The largest absolute Gasteiger partial charge is 0.507 e. The van der Waals surface area contributed by atoms with E-state index >= 15 is 0 Å². The minimum atomic E-state index is -0.814. The molecule has 4 N–H and O–H groups in total. The first-order chi connectivity index (χ1) is 31.0. The number of esters is 1. The van der Waals surface area contributed by atoms with Crippen LogP contribution >= 0.6 is 0 Å². The van der Waals surface area contributed by atoms with E-state index in [1.807, 2.05) is 13.8 Å². The molecule has 2 aliphatic carbocycles. The van der Waals surface area contributed by atoms with E-state index in [-0.39, 0.29) is 99.5 Å². The molecule has 2 aliphatic heterocycles. The van der Waals surface area contributed by atoms with Crippen LogP contribution in [0.5, 0.6) is 23.0 Å². The number of ether oxygens (including phenoxy) is 5. The molecular formula is C45H42N6O14. The van der Waals surface area contributed by atoms with Crippen molar-refractivity contribution in [3.63, 3.8) is 0 Å². The van der Waals surface area contributed by atoms with E-state index < -0.39 is 65.7 Å². The van der Waals surface area contributed by atoms with E-state index in [1.54, 1.807) is 6.92 Å². The Balaban J connectivity index is 0.000000195. The van der Waals surface area contributed by atoms with Crippen LogP contribution < -0.4 is 0 Å². The smallest absolute Gasteiger partial charge is 0.303 e. The van der Waals surface area contributed by atoms with Gasteiger partial charge in [-0.1, -0.05) is 41.4 Å². The lowest BCUT2D eigenvalue weighted by Gasteiger charge is -2.37. The number of azide groups is 2. The molecule has 2 heterocycles. The average Bonchev–Trinajstić information content (AvgIpc) is 3.25. The quantitative estimate of drug-likeness (QED) is 0.0493. The standard InChI is InChI=1S/C23H21N3O8.C22H21N3O6/c1-10-23(34-11(2)27)15(25-26-24)8-18(33-10)32-9-12-6-14-20(17(29)7-12)22(31)19-13(21(14)30)4-3-5-16(19)28;1-10-11(2)31-18(8-15(10)24-25-23)30-9-12-6-14-20(17(27)7-12)22(29)19-13(21(14)28)4-3-5-16(19)26/h3-7,10,15,18,23,28-29H,8-9H2,1-2H3;3-7,10-11,15,18,26-27H,8-9H2,1-2H3/t10?,15-,18-,23-;10-,11?,15-,18+/m00/s1. The van der Waals surface area contributed by atoms with E-state index in [0.29, 0.717) is 17.5 Å². The van der Waals surface area contributed by atoms with Gasteiger partial charge in [0, 0.05) is 57.9 Å². The molecule has 336 valence electrons. The van der Waals surface area contributed by atoms with Gasteiger partial charge in [0.15, 0.2) is 24.1 Å². The van der Waals surface area contributed by atoms with Gasteiger partial charge < -0.3 is 44.1 Å². The van der Waals surface area contributed by atoms with E-state index in [9.17, 15) is 44.4 Å². The fourth-order valence-electron chi connectivity index (χ4n) is 8.37. The Labute approximate surface area is 369 Å². The van der Waals surface area contributed by atoms with Gasteiger partial charge in [-0.25, -0.2) is 0 Å². The van der Waals surface area contributed by atoms with Gasteiger partial charge in [0.05, 0.1) is 53.7 Å². The molecule has 0 aromatic heterocycles. The van der Waals surface area contributed by atoms with Crippen LogP contribution in [-0.2, 0) is 41.7 Å². The molecule has 0 amide bonds. The Hall–Kier alpha value is -7.31. The highest BCUT2D eigenvalue weighted by Gasteiger charge is 2.40. The molecule has 4 aromatic rings. The van der Waals surface area contributed by atoms with Crippen molar-refractivity contribution in [1.82, 2.24) is 0 Å². The number of fused-ring (bicyclic) bond motifs is 4. The summed E-state index contributed by atoms with van der Waals surface area (Å²) in [5, 5.41) is 48.6. The predicted molar refractivity (Wildman–Crippen MR) is 224 cm³/mol. The number of benzene rings is 4. The minimum absolute atomic E-state index is 0.00140. The number of rotatable bonds is 9. The van der Waals surface area contributed by atoms with Gasteiger partial charge in [0.1, 0.15) is 29.1 Å². The molecule has 2 saturated heterocycles. The number of nitrogens with zero attached hydrogens (tertiary/aromatic N) is 6. The average molecular weight is 891 g/mol. The summed E-state index contributed by atoms with van der Waals surface area (Å²) in [6, 6.07) is 13.1. The van der Waals surface area contributed by atoms with Crippen LogP contribution in [-0.4, -0.2) is 92.5 Å². The third-order valence-corrected chi connectivity index (χ3v) is 11.7. The second kappa shape index (κ2) is 18.8. The van der Waals surface area contributed by atoms with Crippen molar-refractivity contribution in [3.05, 3.63) is 137 Å². The SMILES string of the molecule is CC(=O)O[C@H]1C(C)O[C@H](OCc2cc(O)c3c(c2)C(=O)c2cccc(O)c2C3=O)C[C@@H]1N=[N+]=[N-].CC1O[C@@H](OCc2cc(O)c3c(c2)C(=O)c2cccc(O)c2C3=O)C[C@H](N=[N+]=[N-])[C@H]1C. The second-order valence-corrected chi connectivity index (χ2v) is 15.9. The van der Waals surface area contributed by atoms with Crippen LogP contribution in [0.15, 0.2) is 70.9 Å². The summed E-state index contributed by atoms with van der Waals surface area (Å²) in [6.07, 6.45) is -2.47. The fraction of sp³-hybridized carbons (Fsp3) is 0.356. The van der Waals surface area contributed by atoms with E-state index in [2.05, 4.69) is 20.1 Å². The molecule has 20 heteroatoms. The lowest BCUT2D eigenvalue weighted by molar-refractivity contribution is -0.233. The Kier molecular flexibility index (Phi) is 13.2. The molecule has 8 atom stereocenters. The van der Waals surface area contributed by atoms with E-state index in [0.717, 1.165) is 0 Å². The number of carbonyl (C=O) groups excluding carboxylic acids is 5. The molecule has 0 saturated carbocycles. The molecule has 4 aromatic carbocycles. The number of hydrogen-bond donors (Lipinski definition) is 4. The summed E-state index contributed by atoms with van der Waals surface area (Å²) in [4.78, 5) is 68.6. The number of hydrogen-bond acceptors (Lipinski definition) is 16. The Morgan fingerprint density at radius 3 is 1.52 bits per heavy atom. The number of ketones is 4. The first-order valence-corrected chi connectivity index (χ1v) is 20.4. The van der Waals surface area contributed by atoms with Crippen molar-refractivity contribution >= 4 is 29.1 Å². The highest BCUT2D eigenvalue weighted by molar-refractivity contribution is 6.31. The summed E-state index contributed by atoms with van der Waals surface area (Å²) in [7, 11) is 0. The van der Waals surface area contributed by atoms with Gasteiger partial charge >= 0.3 is 5.97 Å². The van der Waals surface area contributed by atoms with Crippen LogP contribution in [0.25, 0.3) is 20.9 Å². The van der Waals surface area contributed by atoms with E-state index in [4.69, 9.17) is 34.7 Å². The summed E-state index contributed by atoms with van der Waals surface area (Å²) in [5.41, 5.74) is 18.1. The van der Waals surface area contributed by atoms with Crippen molar-refractivity contribution in [2.24, 2.45) is 16.1 Å². The van der Waals surface area contributed by atoms with Gasteiger partial charge in [-0.05, 0) is 78.4 Å². The van der Waals surface area contributed by atoms with Crippen molar-refractivity contribution in [2.75, 3.05) is 0 Å². The summed E-state index contributed by atoms with van der Waals surface area (Å²) < 4.78 is 28.4. The minimum Gasteiger partial charge on any atom is -0.507 e. The molecule has 0 radical (unpaired) electrons. The second-order valence-electron chi connectivity index (χ2n) is 15.9. The monoisotopic (exact) mass is 890 g/mol. The maximum absolute atomic E-state index is 13.0. The number of carbonyl (C=O) groups is 5. The lowest BCUT2D eigenvalue weighted by Crippen LogP contribution is -2.48. The van der Waals surface area contributed by atoms with Gasteiger partial charge in [-0.15, -0.1) is 0 Å². The Morgan fingerprint density at radius 1 is 0.631 bits per heavy atom. The maximum Gasteiger partial charge on any atom is 0.303 e. The molecule has 2 fully saturated rings. The zero-order valence-corrected chi connectivity index (χ0v) is 35.3. The lowest BCUT2D eigenvalue weighted by atomic mass is 9.82. The van der Waals surface area contributed by atoms with Gasteiger partial charge in [-0.3, -0.25) is 24.0 Å². The number of phenols is 4. The van der Waals surface area contributed by atoms with Gasteiger partial charge in [-0.2, -0.15) is 0 Å². The fourth-order valence-corrected chi connectivity index (χ4v) is 8.37. The molecule has 0 bridgehead atoms. The van der Waals surface area contributed by atoms with Crippen LogP contribution in [0.4, 0.5) is 0 Å². The highest BCUT2D eigenvalue weighted by Crippen LogP contribution is 2.40. The topological polar surface area (TPSA) is 310 Å². The van der Waals surface area contributed by atoms with Gasteiger partial charge in [0.2, 0.25) is 11.6 Å². The summed E-state index contributed by atoms with van der Waals surface area (Å²) >= 11 is 0. The first-order valence-electron chi connectivity index (χ1n) is 20.4. The number of phenolic OH excluding ortho intramolecular Hbond substituents is 4. The zero-order valence-electron chi connectivity index (χ0n) is 35.3. The van der Waals surface area contributed by atoms with Crippen molar-refractivity contribution in [2.45, 2.75) is 96.7 Å². The molecular weight excluding hydrogens is 849 g/mol. The van der Waals surface area contributed by atoms with Crippen molar-refractivity contribution in [1.29, 1.82) is 0 Å². The maximum atomic E-state index is 13.0. The third kappa shape index (κ3) is 9.08. The molecule has 2 unspecified atom stereocenters. The molecule has 20 nitrogen and oxygen atoms in total. The normalized spacial score (nSPS) is 24.1. The van der Waals surface area contributed by atoms with E-state index in [1.165, 1.54) is 67.6 Å².